The van der Waals surface area contributed by atoms with Crippen LogP contribution < -0.4 is 0 Å². The lowest BCUT2D eigenvalue weighted by molar-refractivity contribution is -0.162. The van der Waals surface area contributed by atoms with Crippen molar-refractivity contribution in [2.75, 3.05) is 0 Å². The molecule has 0 heterocycles. The number of hydrogen-bond donors (Lipinski definition) is 0. The van der Waals surface area contributed by atoms with Gasteiger partial charge in [-0.3, -0.25) is 14.4 Å². The Balaban J connectivity index is 1.74. The molecule has 0 radical (unpaired) electrons. The number of Topliss-reactive ketones (excluding diaryl/α,β-unsaturated/α-hetero) is 1. The Morgan fingerprint density at radius 2 is 1.77 bits per heavy atom. The third-order valence-corrected chi connectivity index (χ3v) is 8.29. The van der Waals surface area contributed by atoms with Crippen LogP contribution in [-0.2, 0) is 23.9 Å². The predicted octanol–water partition coefficient (Wildman–Crippen LogP) is 4.67. The molecule has 0 N–H and O–H groups in total. The Kier molecular flexibility index (Phi) is 5.06. The second-order valence-electron chi connectivity index (χ2n) is 9.90. The Labute approximate surface area is 178 Å². The number of hydrogen-bond acceptors (Lipinski definition) is 5. The number of fused-ring (bicyclic) bond motifs is 5. The molecule has 0 unspecified atom stereocenters. The number of esters is 2. The molecule has 30 heavy (non-hydrogen) atoms. The molecule has 0 saturated heterocycles. The minimum Gasteiger partial charge on any atom is -0.462 e. The maximum Gasteiger partial charge on any atom is 0.307 e. The summed E-state index contributed by atoms with van der Waals surface area (Å²) in [4.78, 5) is 35.9. The van der Waals surface area contributed by atoms with Gasteiger partial charge in [-0.05, 0) is 61.5 Å². The van der Waals surface area contributed by atoms with Crippen molar-refractivity contribution >= 4 is 17.7 Å². The molecular weight excluding hydrogens is 380 g/mol. The molecule has 6 atom stereocenters. The molecule has 4 rings (SSSR count). The number of carbonyl (C=O) groups excluding carboxylic acids is 3. The van der Waals surface area contributed by atoms with Crippen molar-refractivity contribution in [3.8, 4) is 0 Å². The third kappa shape index (κ3) is 3.09. The van der Waals surface area contributed by atoms with E-state index in [1.54, 1.807) is 6.92 Å². The van der Waals surface area contributed by atoms with Gasteiger partial charge < -0.3 is 9.47 Å². The molecule has 0 aromatic rings. The SMILES string of the molecule is CC(=O)OC1=CC2=CC[C@H]3C4=CC[C@H](C(C)=O)[C@@]4(C)[C@H](OC(C)=O)C[C@@H]3[C@@]2(C)CC1. The van der Waals surface area contributed by atoms with Gasteiger partial charge in [-0.25, -0.2) is 0 Å². The molecular formula is C25H32O5. The molecule has 0 bridgehead atoms. The van der Waals surface area contributed by atoms with Crippen LogP contribution >= 0.6 is 0 Å². The highest BCUT2D eigenvalue weighted by molar-refractivity contribution is 5.81. The van der Waals surface area contributed by atoms with Crippen molar-refractivity contribution < 1.29 is 23.9 Å². The van der Waals surface area contributed by atoms with Crippen LogP contribution in [0.1, 0.15) is 66.7 Å². The van der Waals surface area contributed by atoms with E-state index in [4.69, 9.17) is 9.47 Å². The first-order valence-electron chi connectivity index (χ1n) is 11.0. The quantitative estimate of drug-likeness (QED) is 0.497. The molecule has 4 aliphatic rings. The summed E-state index contributed by atoms with van der Waals surface area (Å²) in [6, 6.07) is 0. The van der Waals surface area contributed by atoms with Gasteiger partial charge in [0.05, 0.1) is 0 Å². The van der Waals surface area contributed by atoms with Gasteiger partial charge in [-0.15, -0.1) is 0 Å². The monoisotopic (exact) mass is 412 g/mol. The van der Waals surface area contributed by atoms with Gasteiger partial charge in [0.25, 0.3) is 0 Å². The summed E-state index contributed by atoms with van der Waals surface area (Å²) in [7, 11) is 0. The fourth-order valence-electron chi connectivity index (χ4n) is 6.83. The zero-order valence-corrected chi connectivity index (χ0v) is 18.6. The van der Waals surface area contributed by atoms with E-state index in [1.165, 1.54) is 25.0 Å². The molecule has 0 aromatic heterocycles. The van der Waals surface area contributed by atoms with Gasteiger partial charge >= 0.3 is 11.9 Å². The number of ketones is 1. The Bertz CT molecular complexity index is 893. The van der Waals surface area contributed by atoms with E-state index in [9.17, 15) is 14.4 Å². The molecule has 5 heteroatoms. The van der Waals surface area contributed by atoms with Gasteiger partial charge in [0.1, 0.15) is 17.6 Å². The summed E-state index contributed by atoms with van der Waals surface area (Å²) in [6.45, 7) is 8.97. The average molecular weight is 413 g/mol. The first kappa shape index (κ1) is 21.1. The molecule has 5 nitrogen and oxygen atoms in total. The third-order valence-electron chi connectivity index (χ3n) is 8.29. The van der Waals surface area contributed by atoms with E-state index in [1.807, 2.05) is 6.08 Å². The van der Waals surface area contributed by atoms with E-state index in [0.717, 1.165) is 37.9 Å². The Morgan fingerprint density at radius 3 is 2.40 bits per heavy atom. The molecule has 0 aromatic carbocycles. The lowest BCUT2D eigenvalue weighted by atomic mass is 9.48. The molecule has 4 aliphatic carbocycles. The van der Waals surface area contributed by atoms with Crippen molar-refractivity contribution in [3.05, 3.63) is 35.1 Å². The van der Waals surface area contributed by atoms with Crippen LogP contribution in [0.4, 0.5) is 0 Å². The lowest BCUT2D eigenvalue weighted by Crippen LogP contribution is -2.54. The van der Waals surface area contributed by atoms with E-state index < -0.39 is 5.41 Å². The van der Waals surface area contributed by atoms with Crippen molar-refractivity contribution in [3.63, 3.8) is 0 Å². The standard InChI is InChI=1S/C25H32O5/c1-14(26)20-8-9-21-19-7-6-17-12-18(29-15(2)27)10-11-24(17,4)22(19)13-23(25(20,21)5)30-16(3)28/h6,9,12,19-20,22-23H,7-8,10-11,13H2,1-5H3/t19-,20+,22-,23+,24-,25+/m0/s1. The zero-order valence-electron chi connectivity index (χ0n) is 18.6. The van der Waals surface area contributed by atoms with Gasteiger partial charge in [0, 0.05) is 31.6 Å². The van der Waals surface area contributed by atoms with E-state index >= 15 is 0 Å². The van der Waals surface area contributed by atoms with Crippen LogP contribution in [0.5, 0.6) is 0 Å². The van der Waals surface area contributed by atoms with Gasteiger partial charge in [0.15, 0.2) is 0 Å². The van der Waals surface area contributed by atoms with Crippen LogP contribution in [0.15, 0.2) is 35.1 Å². The smallest absolute Gasteiger partial charge is 0.307 e. The highest BCUT2D eigenvalue weighted by atomic mass is 16.5. The summed E-state index contributed by atoms with van der Waals surface area (Å²) in [5, 5.41) is 0. The fraction of sp³-hybridized carbons (Fsp3) is 0.640. The summed E-state index contributed by atoms with van der Waals surface area (Å²) < 4.78 is 11.3. The average Bonchev–Trinajstić information content (AvgIpc) is 3.01. The second-order valence-corrected chi connectivity index (χ2v) is 9.90. The predicted molar refractivity (Wildman–Crippen MR) is 112 cm³/mol. The van der Waals surface area contributed by atoms with Gasteiger partial charge in [0.2, 0.25) is 0 Å². The molecule has 0 aliphatic heterocycles. The van der Waals surface area contributed by atoms with Crippen LogP contribution in [0.25, 0.3) is 0 Å². The summed E-state index contributed by atoms with van der Waals surface area (Å²) >= 11 is 0. The maximum absolute atomic E-state index is 12.5. The topological polar surface area (TPSA) is 69.7 Å². The van der Waals surface area contributed by atoms with Crippen LogP contribution in [0.3, 0.4) is 0 Å². The number of ether oxygens (including phenoxy) is 2. The lowest BCUT2D eigenvalue weighted by Gasteiger charge is -2.57. The van der Waals surface area contributed by atoms with Crippen molar-refractivity contribution in [2.45, 2.75) is 72.8 Å². The largest absolute Gasteiger partial charge is 0.462 e. The maximum atomic E-state index is 12.5. The van der Waals surface area contributed by atoms with Crippen molar-refractivity contribution in [2.24, 2.45) is 28.6 Å². The number of allylic oxidation sites excluding steroid dienone is 5. The minimum atomic E-state index is -0.423. The highest BCUT2D eigenvalue weighted by Gasteiger charge is 2.61. The Morgan fingerprint density at radius 1 is 1.03 bits per heavy atom. The fourth-order valence-corrected chi connectivity index (χ4v) is 6.83. The first-order valence-corrected chi connectivity index (χ1v) is 11.0. The summed E-state index contributed by atoms with van der Waals surface area (Å²) in [5.41, 5.74) is 2.03. The van der Waals surface area contributed by atoms with Gasteiger partial charge in [-0.1, -0.05) is 31.6 Å². The number of rotatable bonds is 3. The zero-order chi connectivity index (χ0) is 21.8. The molecule has 0 spiro atoms. The molecule has 0 amide bonds. The van der Waals surface area contributed by atoms with Crippen LogP contribution in [-0.4, -0.2) is 23.8 Å². The number of carbonyl (C=O) groups is 3. The van der Waals surface area contributed by atoms with Crippen molar-refractivity contribution in [1.29, 1.82) is 0 Å². The van der Waals surface area contributed by atoms with E-state index in [0.29, 0.717) is 11.8 Å². The van der Waals surface area contributed by atoms with Crippen LogP contribution in [0.2, 0.25) is 0 Å². The van der Waals surface area contributed by atoms with Crippen molar-refractivity contribution in [1.82, 2.24) is 0 Å². The first-order chi connectivity index (χ1) is 14.1. The van der Waals surface area contributed by atoms with E-state index in [2.05, 4.69) is 26.0 Å². The Hall–Kier alpha value is -2.17. The second kappa shape index (κ2) is 7.21. The van der Waals surface area contributed by atoms with E-state index in [-0.39, 0.29) is 35.2 Å². The minimum absolute atomic E-state index is 0.0680. The van der Waals surface area contributed by atoms with Crippen LogP contribution in [0, 0.1) is 28.6 Å². The normalized spacial score (nSPS) is 39.4. The van der Waals surface area contributed by atoms with Gasteiger partial charge in [-0.2, -0.15) is 0 Å². The highest BCUT2D eigenvalue weighted by Crippen LogP contribution is 2.64. The summed E-state index contributed by atoms with van der Waals surface area (Å²) in [6.07, 6.45) is 10.3. The summed E-state index contributed by atoms with van der Waals surface area (Å²) in [5.74, 6) is 0.880. The molecule has 162 valence electrons. The molecule has 1 saturated carbocycles. The molecule has 1 fully saturated rings.